The van der Waals surface area contributed by atoms with Crippen LogP contribution in [-0.4, -0.2) is 37.3 Å². The molecule has 1 saturated heterocycles. The number of rotatable bonds is 8. The van der Waals surface area contributed by atoms with Crippen molar-refractivity contribution in [2.24, 2.45) is 0 Å². The van der Waals surface area contributed by atoms with Gasteiger partial charge in [0.1, 0.15) is 11.6 Å². The van der Waals surface area contributed by atoms with E-state index in [1.165, 1.54) is 11.3 Å². The van der Waals surface area contributed by atoms with Crippen LogP contribution in [0.15, 0.2) is 54.6 Å². The fraction of sp³-hybridized carbons (Fsp3) is 0.280. The predicted octanol–water partition coefficient (Wildman–Crippen LogP) is 5.52. The summed E-state index contributed by atoms with van der Waals surface area (Å²) in [6.07, 6.45) is 2.25. The molecular weight excluding hydrogens is 456 g/mol. The first-order valence-corrected chi connectivity index (χ1v) is 12.5. The molecule has 1 atom stereocenters. The molecule has 4 aromatic rings. The molecule has 6 nitrogen and oxygen atoms in total. The zero-order valence-corrected chi connectivity index (χ0v) is 19.8. The van der Waals surface area contributed by atoms with Crippen molar-refractivity contribution in [3.8, 4) is 21.4 Å². The third kappa shape index (κ3) is 5.03. The van der Waals surface area contributed by atoms with Gasteiger partial charge >= 0.3 is 0 Å². The first-order chi connectivity index (χ1) is 16.2. The zero-order chi connectivity index (χ0) is 22.6. The van der Waals surface area contributed by atoms with Crippen molar-refractivity contribution in [1.29, 1.82) is 0 Å². The molecule has 33 heavy (non-hydrogen) atoms. The second-order valence-electron chi connectivity index (χ2n) is 7.76. The lowest BCUT2D eigenvalue weighted by Crippen LogP contribution is -2.21. The maximum absolute atomic E-state index is 12.7. The Labute approximate surface area is 200 Å². The average molecular weight is 481 g/mol. The lowest BCUT2D eigenvalue weighted by Gasteiger charge is -2.15. The van der Waals surface area contributed by atoms with Crippen molar-refractivity contribution < 1.29 is 19.0 Å². The summed E-state index contributed by atoms with van der Waals surface area (Å²) < 4.78 is 18.1. The molecular formula is C25H24N2O4S2. The van der Waals surface area contributed by atoms with Gasteiger partial charge in [-0.15, -0.1) is 22.7 Å². The molecule has 1 fully saturated rings. The van der Waals surface area contributed by atoms with E-state index in [1.807, 2.05) is 48.5 Å². The van der Waals surface area contributed by atoms with E-state index in [9.17, 15) is 4.79 Å². The third-order valence-corrected chi connectivity index (χ3v) is 7.75. The minimum atomic E-state index is -0.106. The van der Waals surface area contributed by atoms with E-state index in [2.05, 4.69) is 16.4 Å². The van der Waals surface area contributed by atoms with Crippen LogP contribution in [0.1, 0.15) is 28.1 Å². The van der Waals surface area contributed by atoms with Crippen LogP contribution >= 0.6 is 22.7 Å². The Kier molecular flexibility index (Phi) is 6.57. The molecule has 3 heterocycles. The number of methoxy groups -OCH3 is 1. The monoisotopic (exact) mass is 480 g/mol. The zero-order valence-electron chi connectivity index (χ0n) is 18.2. The Morgan fingerprint density at radius 1 is 1.15 bits per heavy atom. The highest BCUT2D eigenvalue weighted by Gasteiger charge is 2.18. The van der Waals surface area contributed by atoms with Crippen LogP contribution in [0.5, 0.6) is 11.5 Å². The molecule has 0 spiro atoms. The van der Waals surface area contributed by atoms with Gasteiger partial charge in [0.25, 0.3) is 5.91 Å². The summed E-state index contributed by atoms with van der Waals surface area (Å²) in [4.78, 5) is 19.1. The number of fused-ring (bicyclic) bond motifs is 1. The number of aromatic nitrogens is 1. The molecule has 1 aliphatic rings. The Balaban J connectivity index is 1.21. The highest BCUT2D eigenvalue weighted by molar-refractivity contribution is 7.26. The largest absolute Gasteiger partial charge is 0.493 e. The van der Waals surface area contributed by atoms with Gasteiger partial charge in [-0.05, 0) is 54.8 Å². The molecule has 1 aliphatic heterocycles. The van der Waals surface area contributed by atoms with Crippen LogP contribution in [-0.2, 0) is 11.3 Å². The first-order valence-electron chi connectivity index (χ1n) is 10.8. The van der Waals surface area contributed by atoms with Crippen LogP contribution < -0.4 is 14.8 Å². The van der Waals surface area contributed by atoms with E-state index < -0.39 is 0 Å². The summed E-state index contributed by atoms with van der Waals surface area (Å²) in [6, 6.07) is 17.6. The number of thiophene rings is 1. The summed E-state index contributed by atoms with van der Waals surface area (Å²) in [5, 5.41) is 3.93. The number of hydrogen-bond acceptors (Lipinski definition) is 7. The highest BCUT2D eigenvalue weighted by Crippen LogP contribution is 2.34. The summed E-state index contributed by atoms with van der Waals surface area (Å²) in [5.41, 5.74) is 1.92. The molecule has 170 valence electrons. The van der Waals surface area contributed by atoms with Crippen molar-refractivity contribution in [2.75, 3.05) is 20.3 Å². The number of nitrogens with zero attached hydrogens (tertiary/aromatic N) is 1. The number of benzene rings is 2. The molecule has 0 saturated carbocycles. The lowest BCUT2D eigenvalue weighted by molar-refractivity contribution is 0.0669. The van der Waals surface area contributed by atoms with Gasteiger partial charge in [0, 0.05) is 13.2 Å². The Hall–Kier alpha value is -2.94. The summed E-state index contributed by atoms with van der Waals surface area (Å²) >= 11 is 3.09. The Bertz CT molecular complexity index is 1230. The van der Waals surface area contributed by atoms with Crippen LogP contribution in [0, 0.1) is 0 Å². The van der Waals surface area contributed by atoms with Crippen LogP contribution in [0.4, 0.5) is 0 Å². The van der Waals surface area contributed by atoms with Gasteiger partial charge in [0.15, 0.2) is 11.5 Å². The predicted molar refractivity (Wildman–Crippen MR) is 132 cm³/mol. The smallest absolute Gasteiger partial charge is 0.261 e. The van der Waals surface area contributed by atoms with E-state index in [1.54, 1.807) is 18.4 Å². The number of carbonyl (C=O) groups excluding carboxylic acids is 1. The number of ether oxygens (including phenoxy) is 3. The average Bonchev–Trinajstić information content (AvgIpc) is 3.61. The van der Waals surface area contributed by atoms with E-state index in [-0.39, 0.29) is 12.0 Å². The number of hydrogen-bond donors (Lipinski definition) is 1. The molecule has 1 amide bonds. The molecule has 2 aromatic carbocycles. The topological polar surface area (TPSA) is 69.7 Å². The van der Waals surface area contributed by atoms with E-state index in [0.717, 1.165) is 45.1 Å². The summed E-state index contributed by atoms with van der Waals surface area (Å²) in [6.45, 7) is 1.72. The van der Waals surface area contributed by atoms with Gasteiger partial charge in [0.2, 0.25) is 0 Å². The fourth-order valence-electron chi connectivity index (χ4n) is 3.72. The molecule has 0 bridgehead atoms. The molecule has 0 aliphatic carbocycles. The minimum Gasteiger partial charge on any atom is -0.493 e. The molecule has 1 unspecified atom stereocenters. The molecule has 5 rings (SSSR count). The number of carbonyl (C=O) groups is 1. The SMILES string of the molecule is COc1cc(CNC(=O)c2ccc(-c3nc4ccccc4s3)s2)ccc1OCC1CCCO1. The third-order valence-electron chi connectivity index (χ3n) is 5.46. The minimum absolute atomic E-state index is 0.106. The van der Waals surface area contributed by atoms with Gasteiger partial charge in [-0.3, -0.25) is 4.79 Å². The van der Waals surface area contributed by atoms with Crippen molar-refractivity contribution in [1.82, 2.24) is 10.3 Å². The maximum Gasteiger partial charge on any atom is 0.261 e. The Morgan fingerprint density at radius 2 is 2.06 bits per heavy atom. The molecule has 1 N–H and O–H groups in total. The molecule has 0 radical (unpaired) electrons. The van der Waals surface area contributed by atoms with Crippen molar-refractivity contribution in [2.45, 2.75) is 25.5 Å². The van der Waals surface area contributed by atoms with Gasteiger partial charge in [0.05, 0.1) is 33.2 Å². The molecule has 2 aromatic heterocycles. The highest BCUT2D eigenvalue weighted by atomic mass is 32.1. The van der Waals surface area contributed by atoms with Crippen LogP contribution in [0.2, 0.25) is 0 Å². The van der Waals surface area contributed by atoms with Gasteiger partial charge in [-0.2, -0.15) is 0 Å². The lowest BCUT2D eigenvalue weighted by atomic mass is 10.2. The second-order valence-corrected chi connectivity index (χ2v) is 9.88. The second kappa shape index (κ2) is 9.91. The van der Waals surface area contributed by atoms with Crippen molar-refractivity contribution in [3.05, 3.63) is 65.0 Å². The number of amides is 1. The standard InChI is InChI=1S/C25H24N2O4S2/c1-29-20-13-16(8-9-19(20)31-15-17-5-4-12-30-17)14-26-24(28)22-10-11-23(32-22)25-27-18-6-2-3-7-21(18)33-25/h2-3,6-11,13,17H,4-5,12,14-15H2,1H3,(H,26,28). The van der Waals surface area contributed by atoms with Gasteiger partial charge in [-0.25, -0.2) is 4.98 Å². The van der Waals surface area contributed by atoms with Crippen LogP contribution in [0.25, 0.3) is 20.1 Å². The quantitative estimate of drug-likeness (QED) is 0.360. The maximum atomic E-state index is 12.7. The first kappa shape index (κ1) is 21.9. The van der Waals surface area contributed by atoms with Gasteiger partial charge < -0.3 is 19.5 Å². The van der Waals surface area contributed by atoms with Gasteiger partial charge in [-0.1, -0.05) is 18.2 Å². The van der Waals surface area contributed by atoms with E-state index in [4.69, 9.17) is 14.2 Å². The number of thiazole rings is 1. The molecule has 8 heteroatoms. The summed E-state index contributed by atoms with van der Waals surface area (Å²) in [5.74, 6) is 1.22. The normalized spacial score (nSPS) is 15.6. The van der Waals surface area contributed by atoms with Crippen LogP contribution in [0.3, 0.4) is 0 Å². The van der Waals surface area contributed by atoms with Crippen molar-refractivity contribution in [3.63, 3.8) is 0 Å². The van der Waals surface area contributed by atoms with E-state index in [0.29, 0.717) is 29.5 Å². The summed E-state index contributed by atoms with van der Waals surface area (Å²) in [7, 11) is 1.62. The number of nitrogens with one attached hydrogen (secondary N) is 1. The van der Waals surface area contributed by atoms with Crippen molar-refractivity contribution >= 4 is 38.8 Å². The Morgan fingerprint density at radius 3 is 2.88 bits per heavy atom. The fourth-order valence-corrected chi connectivity index (χ4v) is 5.66. The number of para-hydroxylation sites is 1. The van der Waals surface area contributed by atoms with E-state index >= 15 is 0 Å².